The van der Waals surface area contributed by atoms with Gasteiger partial charge in [0, 0.05) is 45.7 Å². The highest BCUT2D eigenvalue weighted by molar-refractivity contribution is 5.74. The lowest BCUT2D eigenvalue weighted by molar-refractivity contribution is 0.0866. The van der Waals surface area contributed by atoms with E-state index in [9.17, 15) is 4.79 Å². The second-order valence-corrected chi connectivity index (χ2v) is 6.31. The number of carbonyl (C=O) groups is 1. The number of aryl methyl sites for hydroxylation is 1. The minimum Gasteiger partial charge on any atom is -0.338 e. The van der Waals surface area contributed by atoms with Crippen molar-refractivity contribution in [3.8, 4) is 0 Å². The molecule has 0 aliphatic carbocycles. The first-order chi connectivity index (χ1) is 11.6. The topological polar surface area (TPSA) is 65.7 Å². The molecule has 24 heavy (non-hydrogen) atoms. The zero-order valence-electron chi connectivity index (χ0n) is 15.5. The van der Waals surface area contributed by atoms with Crippen LogP contribution in [0.25, 0.3) is 0 Å². The fraction of sp³-hybridized carbons (Fsp3) is 0.824. The lowest BCUT2D eigenvalue weighted by atomic mass is 10.2. The van der Waals surface area contributed by atoms with E-state index in [4.69, 9.17) is 4.52 Å². The highest BCUT2D eigenvalue weighted by Gasteiger charge is 2.28. The summed E-state index contributed by atoms with van der Waals surface area (Å²) in [6.45, 7) is 13.0. The van der Waals surface area contributed by atoms with E-state index in [1.807, 2.05) is 23.6 Å². The number of aromatic nitrogens is 2. The van der Waals surface area contributed by atoms with Gasteiger partial charge in [0.1, 0.15) is 0 Å². The zero-order valence-corrected chi connectivity index (χ0v) is 15.5. The van der Waals surface area contributed by atoms with Crippen molar-refractivity contribution < 1.29 is 9.32 Å². The van der Waals surface area contributed by atoms with Crippen LogP contribution in [0.2, 0.25) is 0 Å². The standard InChI is InChI=1S/C17H31N5O2/c1-5-8-9-15-18-16(24-19-15)14(4)21-10-12-22(13-11-21)17(23)20(6-2)7-3/h14H,5-13H2,1-4H3. The van der Waals surface area contributed by atoms with E-state index >= 15 is 0 Å². The molecule has 0 aromatic carbocycles. The van der Waals surface area contributed by atoms with Gasteiger partial charge in [-0.1, -0.05) is 18.5 Å². The van der Waals surface area contributed by atoms with E-state index in [2.05, 4.69) is 28.9 Å². The van der Waals surface area contributed by atoms with Crippen LogP contribution in [0, 0.1) is 0 Å². The smallest absolute Gasteiger partial charge is 0.320 e. The predicted octanol–water partition coefficient (Wildman–Crippen LogP) is 2.55. The average Bonchev–Trinajstić information content (AvgIpc) is 3.09. The van der Waals surface area contributed by atoms with Gasteiger partial charge in [-0.05, 0) is 27.2 Å². The fourth-order valence-corrected chi connectivity index (χ4v) is 3.02. The van der Waals surface area contributed by atoms with Gasteiger partial charge in [0.25, 0.3) is 0 Å². The van der Waals surface area contributed by atoms with Crippen molar-refractivity contribution in [1.82, 2.24) is 24.8 Å². The van der Waals surface area contributed by atoms with E-state index in [1.165, 1.54) is 0 Å². The van der Waals surface area contributed by atoms with Gasteiger partial charge < -0.3 is 14.3 Å². The van der Waals surface area contributed by atoms with Gasteiger partial charge in [-0.2, -0.15) is 4.98 Å². The third kappa shape index (κ3) is 4.47. The molecule has 1 atom stereocenters. The Morgan fingerprint density at radius 1 is 1.21 bits per heavy atom. The maximum absolute atomic E-state index is 12.4. The summed E-state index contributed by atoms with van der Waals surface area (Å²) in [7, 11) is 0. The number of hydrogen-bond donors (Lipinski definition) is 0. The number of piperazine rings is 1. The summed E-state index contributed by atoms with van der Waals surface area (Å²) in [5.41, 5.74) is 0. The van der Waals surface area contributed by atoms with E-state index in [-0.39, 0.29) is 12.1 Å². The molecule has 1 aliphatic rings. The molecule has 0 spiro atoms. The molecule has 2 heterocycles. The summed E-state index contributed by atoms with van der Waals surface area (Å²) in [4.78, 5) is 23.0. The molecular weight excluding hydrogens is 306 g/mol. The van der Waals surface area contributed by atoms with Crippen molar-refractivity contribution in [2.45, 2.75) is 53.0 Å². The second-order valence-electron chi connectivity index (χ2n) is 6.31. The van der Waals surface area contributed by atoms with Crippen LogP contribution in [0.4, 0.5) is 4.79 Å². The molecule has 0 bridgehead atoms. The maximum atomic E-state index is 12.4. The van der Waals surface area contributed by atoms with Crippen molar-refractivity contribution >= 4 is 6.03 Å². The first-order valence-corrected chi connectivity index (χ1v) is 9.21. The van der Waals surface area contributed by atoms with Gasteiger partial charge in [-0.15, -0.1) is 0 Å². The van der Waals surface area contributed by atoms with Gasteiger partial charge in [0.15, 0.2) is 5.82 Å². The molecule has 0 radical (unpaired) electrons. The van der Waals surface area contributed by atoms with Crippen LogP contribution in [-0.4, -0.2) is 70.1 Å². The van der Waals surface area contributed by atoms with Crippen molar-refractivity contribution in [1.29, 1.82) is 0 Å². The molecule has 7 heteroatoms. The van der Waals surface area contributed by atoms with Crippen LogP contribution in [-0.2, 0) is 6.42 Å². The maximum Gasteiger partial charge on any atom is 0.320 e. The number of urea groups is 1. The predicted molar refractivity (Wildman–Crippen MR) is 92.8 cm³/mol. The van der Waals surface area contributed by atoms with E-state index in [1.54, 1.807) is 0 Å². The molecule has 7 nitrogen and oxygen atoms in total. The third-order valence-corrected chi connectivity index (χ3v) is 4.76. The van der Waals surface area contributed by atoms with Crippen molar-refractivity contribution in [2.75, 3.05) is 39.3 Å². The number of nitrogens with zero attached hydrogens (tertiary/aromatic N) is 5. The van der Waals surface area contributed by atoms with Crippen LogP contribution < -0.4 is 0 Å². The fourth-order valence-electron chi connectivity index (χ4n) is 3.02. The largest absolute Gasteiger partial charge is 0.338 e. The lowest BCUT2D eigenvalue weighted by Gasteiger charge is -2.38. The van der Waals surface area contributed by atoms with Gasteiger partial charge in [0.2, 0.25) is 5.89 Å². The normalized spacial score (nSPS) is 17.1. The summed E-state index contributed by atoms with van der Waals surface area (Å²) < 4.78 is 5.43. The number of rotatable bonds is 7. The van der Waals surface area contributed by atoms with Crippen LogP contribution >= 0.6 is 0 Å². The molecule has 1 unspecified atom stereocenters. The lowest BCUT2D eigenvalue weighted by Crippen LogP contribution is -2.53. The van der Waals surface area contributed by atoms with Gasteiger partial charge in [-0.25, -0.2) is 4.79 Å². The average molecular weight is 337 g/mol. The molecule has 1 fully saturated rings. The molecule has 0 N–H and O–H groups in total. The molecule has 1 saturated heterocycles. The summed E-state index contributed by atoms with van der Waals surface area (Å²) in [6, 6.07) is 0.241. The summed E-state index contributed by atoms with van der Waals surface area (Å²) in [6.07, 6.45) is 3.08. The van der Waals surface area contributed by atoms with Crippen molar-refractivity contribution in [2.24, 2.45) is 0 Å². The Balaban J connectivity index is 1.87. The van der Waals surface area contributed by atoms with E-state index in [0.717, 1.165) is 64.4 Å². The monoisotopic (exact) mass is 337 g/mol. The van der Waals surface area contributed by atoms with Gasteiger partial charge in [0.05, 0.1) is 6.04 Å². The Hall–Kier alpha value is -1.63. The summed E-state index contributed by atoms with van der Waals surface area (Å²) in [5.74, 6) is 1.48. The Morgan fingerprint density at radius 3 is 2.46 bits per heavy atom. The Morgan fingerprint density at radius 2 is 1.88 bits per heavy atom. The SMILES string of the molecule is CCCCc1noc(C(C)N2CCN(C(=O)N(CC)CC)CC2)n1. The van der Waals surface area contributed by atoms with Crippen LogP contribution in [0.3, 0.4) is 0 Å². The number of hydrogen-bond acceptors (Lipinski definition) is 5. The minimum absolute atomic E-state index is 0.0959. The molecule has 1 aromatic rings. The van der Waals surface area contributed by atoms with Crippen molar-refractivity contribution in [3.63, 3.8) is 0 Å². The highest BCUT2D eigenvalue weighted by atomic mass is 16.5. The number of amides is 2. The molecule has 1 aromatic heterocycles. The molecule has 1 aliphatic heterocycles. The Bertz CT molecular complexity index is 507. The molecule has 0 saturated carbocycles. The number of carbonyl (C=O) groups excluding carboxylic acids is 1. The zero-order chi connectivity index (χ0) is 17.5. The Kier molecular flexibility index (Phi) is 7.02. The highest BCUT2D eigenvalue weighted by Crippen LogP contribution is 2.21. The van der Waals surface area contributed by atoms with Crippen LogP contribution in [0.15, 0.2) is 4.52 Å². The first kappa shape index (κ1) is 18.7. The van der Waals surface area contributed by atoms with Crippen LogP contribution in [0.5, 0.6) is 0 Å². The second kappa shape index (κ2) is 9.01. The molecule has 136 valence electrons. The van der Waals surface area contributed by atoms with E-state index in [0.29, 0.717) is 5.89 Å². The van der Waals surface area contributed by atoms with Crippen LogP contribution in [0.1, 0.15) is 58.3 Å². The summed E-state index contributed by atoms with van der Waals surface area (Å²) in [5, 5.41) is 4.07. The Labute approximate surface area is 145 Å². The summed E-state index contributed by atoms with van der Waals surface area (Å²) >= 11 is 0. The molecular formula is C17H31N5O2. The third-order valence-electron chi connectivity index (χ3n) is 4.76. The first-order valence-electron chi connectivity index (χ1n) is 9.21. The number of unbranched alkanes of at least 4 members (excludes halogenated alkanes) is 1. The quantitative estimate of drug-likeness (QED) is 0.765. The molecule has 2 amide bonds. The minimum atomic E-state index is 0.0959. The van der Waals surface area contributed by atoms with Gasteiger partial charge >= 0.3 is 6.03 Å². The van der Waals surface area contributed by atoms with Gasteiger partial charge in [-0.3, -0.25) is 4.90 Å². The molecule has 2 rings (SSSR count). The van der Waals surface area contributed by atoms with E-state index < -0.39 is 0 Å². The van der Waals surface area contributed by atoms with Crippen molar-refractivity contribution in [3.05, 3.63) is 11.7 Å².